The number of hydrogen-bond acceptors (Lipinski definition) is 2. The van der Waals surface area contributed by atoms with Gasteiger partial charge in [-0.05, 0) is 17.7 Å². The van der Waals surface area contributed by atoms with Crippen LogP contribution in [0.2, 0.25) is 0 Å². The van der Waals surface area contributed by atoms with E-state index in [9.17, 15) is 0 Å². The van der Waals surface area contributed by atoms with Gasteiger partial charge in [0.2, 0.25) is 0 Å². The molecule has 0 aromatic heterocycles. The molecular weight excluding hydrogens is 150 g/mol. The van der Waals surface area contributed by atoms with E-state index in [4.69, 9.17) is 10.4 Å². The van der Waals surface area contributed by atoms with Gasteiger partial charge in [-0.3, -0.25) is 0 Å². The highest BCUT2D eigenvalue weighted by Gasteiger charge is 2.04. The molecule has 1 rings (SSSR count). The molecule has 0 bridgehead atoms. The summed E-state index contributed by atoms with van der Waals surface area (Å²) in [6.07, 6.45) is 0. The van der Waals surface area contributed by atoms with Crippen LogP contribution in [-0.4, -0.2) is 11.7 Å². The van der Waals surface area contributed by atoms with Crippen LogP contribution >= 0.6 is 0 Å². The van der Waals surface area contributed by atoms with Gasteiger partial charge in [-0.1, -0.05) is 19.1 Å². The number of rotatable bonds is 2. The maximum atomic E-state index is 8.83. The molecule has 12 heavy (non-hydrogen) atoms. The van der Waals surface area contributed by atoms with E-state index in [-0.39, 0.29) is 6.61 Å². The minimum absolute atomic E-state index is 0.0366. The molecule has 1 radical (unpaired) electrons. The predicted molar refractivity (Wildman–Crippen MR) is 46.3 cm³/mol. The summed E-state index contributed by atoms with van der Waals surface area (Å²) in [5.74, 6) is 0.882. The summed E-state index contributed by atoms with van der Waals surface area (Å²) in [6, 6.07) is 9.26. The summed E-state index contributed by atoms with van der Waals surface area (Å²) in [4.78, 5) is 0. The fourth-order valence-corrected chi connectivity index (χ4v) is 0.945. The molecule has 0 unspecified atom stereocenters. The predicted octanol–water partition coefficient (Wildman–Crippen LogP) is 1.49. The first-order valence-electron chi connectivity index (χ1n) is 3.71. The third kappa shape index (κ3) is 1.84. The van der Waals surface area contributed by atoms with E-state index in [1.165, 1.54) is 0 Å². The van der Waals surface area contributed by atoms with E-state index in [1.54, 1.807) is 12.1 Å². The molecule has 1 aromatic rings. The van der Waals surface area contributed by atoms with Crippen LogP contribution in [0.4, 0.5) is 0 Å². The Kier molecular flexibility index (Phi) is 2.84. The molecule has 0 aliphatic heterocycles. The molecule has 0 saturated carbocycles. The molecular formula is C10H10NO. The number of aliphatic hydroxyl groups excluding tert-OH is 1. The molecule has 0 saturated heterocycles. The quantitative estimate of drug-likeness (QED) is 0.712. The van der Waals surface area contributed by atoms with E-state index in [1.807, 2.05) is 19.1 Å². The summed E-state index contributed by atoms with van der Waals surface area (Å²) in [5.41, 5.74) is 1.55. The zero-order chi connectivity index (χ0) is 8.97. The zero-order valence-corrected chi connectivity index (χ0v) is 6.91. The lowest BCUT2D eigenvalue weighted by molar-refractivity contribution is 0.315. The molecule has 0 spiro atoms. The average Bonchev–Trinajstić information content (AvgIpc) is 2.17. The standard InChI is InChI=1S/C10H10NO/c1-8(7-12)10-4-2-3-9(5-10)6-11/h2-5,12H,7H2,1H3. The van der Waals surface area contributed by atoms with E-state index in [0.717, 1.165) is 11.5 Å². The maximum Gasteiger partial charge on any atom is 0.0991 e. The fraction of sp³-hybridized carbons (Fsp3) is 0.200. The van der Waals surface area contributed by atoms with E-state index >= 15 is 0 Å². The monoisotopic (exact) mass is 160 g/mol. The van der Waals surface area contributed by atoms with Crippen molar-refractivity contribution < 1.29 is 5.11 Å². The number of hydrogen-bond donors (Lipinski definition) is 1. The molecule has 0 aliphatic carbocycles. The Morgan fingerprint density at radius 1 is 1.58 bits per heavy atom. The van der Waals surface area contributed by atoms with Crippen molar-refractivity contribution in [3.8, 4) is 6.07 Å². The highest BCUT2D eigenvalue weighted by Crippen LogP contribution is 2.14. The maximum absolute atomic E-state index is 8.83. The first kappa shape index (κ1) is 8.76. The zero-order valence-electron chi connectivity index (χ0n) is 6.91. The molecule has 0 heterocycles. The lowest BCUT2D eigenvalue weighted by atomic mass is 10.0. The second-order valence-corrected chi connectivity index (χ2v) is 2.63. The third-order valence-corrected chi connectivity index (χ3v) is 1.72. The molecule has 61 valence electrons. The Balaban J connectivity index is 2.95. The second-order valence-electron chi connectivity index (χ2n) is 2.63. The highest BCUT2D eigenvalue weighted by atomic mass is 16.3. The first-order valence-corrected chi connectivity index (χ1v) is 3.71. The van der Waals surface area contributed by atoms with Gasteiger partial charge in [-0.25, -0.2) is 0 Å². The van der Waals surface area contributed by atoms with E-state index < -0.39 is 0 Å². The van der Waals surface area contributed by atoms with Crippen LogP contribution in [-0.2, 0) is 0 Å². The fourth-order valence-electron chi connectivity index (χ4n) is 0.945. The van der Waals surface area contributed by atoms with Gasteiger partial charge in [0.25, 0.3) is 0 Å². The molecule has 1 aromatic carbocycles. The molecule has 0 atom stereocenters. The third-order valence-electron chi connectivity index (χ3n) is 1.72. The number of aliphatic hydroxyl groups is 1. The topological polar surface area (TPSA) is 44.0 Å². The van der Waals surface area contributed by atoms with Gasteiger partial charge >= 0.3 is 0 Å². The van der Waals surface area contributed by atoms with Gasteiger partial charge in [-0.15, -0.1) is 0 Å². The summed E-state index contributed by atoms with van der Waals surface area (Å²) in [7, 11) is 0. The van der Waals surface area contributed by atoms with Gasteiger partial charge in [0.1, 0.15) is 0 Å². The lowest BCUT2D eigenvalue weighted by Gasteiger charge is -2.06. The van der Waals surface area contributed by atoms with Crippen LogP contribution in [0, 0.1) is 17.2 Å². The van der Waals surface area contributed by atoms with Crippen LogP contribution in [0.3, 0.4) is 0 Å². The first-order chi connectivity index (χ1) is 5.77. The summed E-state index contributed by atoms with van der Waals surface area (Å²) < 4.78 is 0. The molecule has 1 N–H and O–H groups in total. The minimum Gasteiger partial charge on any atom is -0.395 e. The Morgan fingerprint density at radius 3 is 2.92 bits per heavy atom. The second kappa shape index (κ2) is 3.89. The van der Waals surface area contributed by atoms with Crippen molar-refractivity contribution in [2.24, 2.45) is 0 Å². The van der Waals surface area contributed by atoms with Crippen molar-refractivity contribution in [1.29, 1.82) is 5.26 Å². The molecule has 2 heteroatoms. The number of nitriles is 1. The Morgan fingerprint density at radius 2 is 2.33 bits per heavy atom. The molecule has 0 amide bonds. The van der Waals surface area contributed by atoms with Crippen LogP contribution in [0.15, 0.2) is 24.3 Å². The van der Waals surface area contributed by atoms with Crippen LogP contribution in [0.25, 0.3) is 0 Å². The highest BCUT2D eigenvalue weighted by molar-refractivity contribution is 5.38. The van der Waals surface area contributed by atoms with Crippen molar-refractivity contribution in [2.45, 2.75) is 6.92 Å². The molecule has 0 aliphatic rings. The van der Waals surface area contributed by atoms with Gasteiger partial charge in [0.15, 0.2) is 0 Å². The summed E-state index contributed by atoms with van der Waals surface area (Å²) >= 11 is 0. The Labute approximate surface area is 72.1 Å². The average molecular weight is 160 g/mol. The summed E-state index contributed by atoms with van der Waals surface area (Å²) in [6.45, 7) is 1.88. The van der Waals surface area contributed by atoms with Crippen molar-refractivity contribution in [3.63, 3.8) is 0 Å². The van der Waals surface area contributed by atoms with Gasteiger partial charge in [-0.2, -0.15) is 5.26 Å². The van der Waals surface area contributed by atoms with Crippen molar-refractivity contribution in [2.75, 3.05) is 6.61 Å². The summed E-state index contributed by atoms with van der Waals surface area (Å²) in [5, 5.41) is 17.4. The van der Waals surface area contributed by atoms with Crippen molar-refractivity contribution >= 4 is 0 Å². The smallest absolute Gasteiger partial charge is 0.0991 e. The van der Waals surface area contributed by atoms with Crippen molar-refractivity contribution in [3.05, 3.63) is 41.3 Å². The molecule has 0 fully saturated rings. The molecule has 2 nitrogen and oxygen atoms in total. The SMILES string of the molecule is C[C](CO)c1cccc(C#N)c1. The van der Waals surface area contributed by atoms with Crippen LogP contribution in [0.5, 0.6) is 0 Å². The number of nitrogens with zero attached hydrogens (tertiary/aromatic N) is 1. The Hall–Kier alpha value is -1.33. The van der Waals surface area contributed by atoms with Crippen LogP contribution < -0.4 is 0 Å². The van der Waals surface area contributed by atoms with Gasteiger partial charge in [0.05, 0.1) is 18.2 Å². The number of benzene rings is 1. The minimum atomic E-state index is 0.0366. The van der Waals surface area contributed by atoms with Gasteiger partial charge in [0, 0.05) is 5.92 Å². The normalized spacial score (nSPS) is 9.83. The largest absolute Gasteiger partial charge is 0.395 e. The van der Waals surface area contributed by atoms with Crippen molar-refractivity contribution in [1.82, 2.24) is 0 Å². The lowest BCUT2D eigenvalue weighted by Crippen LogP contribution is -1.99. The van der Waals surface area contributed by atoms with E-state index in [2.05, 4.69) is 6.07 Å². The van der Waals surface area contributed by atoms with Crippen LogP contribution in [0.1, 0.15) is 18.1 Å². The Bertz CT molecular complexity index is 301. The van der Waals surface area contributed by atoms with E-state index in [0.29, 0.717) is 5.56 Å². The van der Waals surface area contributed by atoms with Gasteiger partial charge < -0.3 is 5.11 Å².